The van der Waals surface area contributed by atoms with E-state index in [9.17, 15) is 14.7 Å². The predicted molar refractivity (Wildman–Crippen MR) is 207 cm³/mol. The Morgan fingerprint density at radius 2 is 1.68 bits per heavy atom. The minimum absolute atomic E-state index is 0.0281. The first-order chi connectivity index (χ1) is 25.7. The molecule has 0 saturated carbocycles. The molecule has 1 N–H and O–H groups in total. The fourth-order valence-corrected chi connectivity index (χ4v) is 7.83. The second-order valence-corrected chi connectivity index (χ2v) is 14.3. The maximum absolute atomic E-state index is 14.8. The van der Waals surface area contributed by atoms with Crippen LogP contribution >= 0.6 is 11.6 Å². The number of hydrogen-bond donors (Lipinski definition) is 1. The summed E-state index contributed by atoms with van der Waals surface area (Å²) in [7, 11) is 3.85. The van der Waals surface area contributed by atoms with Crippen LogP contribution in [-0.4, -0.2) is 79.7 Å². The second kappa shape index (κ2) is 14.2. The van der Waals surface area contributed by atoms with Crippen LogP contribution in [0.25, 0.3) is 22.3 Å². The molecular weight excluding hydrogens is 688 g/mol. The SMILES string of the molecule is Cc1c(C(=O)N(c2ccc(O)cc2)c2ccc3c(ccn3C)n2)cc(-c2cc(Cl)ccc2C(=O)N2Cc3ccccc3C[C@H]2CN2CCOCC2)n1C. The Kier molecular flexibility index (Phi) is 9.28. The van der Waals surface area contributed by atoms with Gasteiger partial charge < -0.3 is 23.9 Å². The van der Waals surface area contributed by atoms with E-state index >= 15 is 0 Å². The zero-order valence-corrected chi connectivity index (χ0v) is 30.8. The summed E-state index contributed by atoms with van der Waals surface area (Å²) in [5.74, 6) is 0.154. The van der Waals surface area contributed by atoms with E-state index in [1.807, 2.05) is 77.6 Å². The van der Waals surface area contributed by atoms with Crippen LogP contribution in [0.4, 0.5) is 11.5 Å². The molecule has 5 heterocycles. The summed E-state index contributed by atoms with van der Waals surface area (Å²) in [4.78, 5) is 40.4. The maximum Gasteiger partial charge on any atom is 0.265 e. The van der Waals surface area contributed by atoms with E-state index < -0.39 is 0 Å². The number of aryl methyl sites for hydroxylation is 1. The lowest BCUT2D eigenvalue weighted by molar-refractivity contribution is 0.0193. The molecular formula is C42H41ClN6O4. The van der Waals surface area contributed by atoms with Crippen molar-refractivity contribution in [2.45, 2.75) is 25.9 Å². The molecule has 2 amide bonds. The van der Waals surface area contributed by atoms with Crippen molar-refractivity contribution < 1.29 is 19.4 Å². The molecule has 2 aliphatic heterocycles. The van der Waals surface area contributed by atoms with Crippen molar-refractivity contribution >= 4 is 46.0 Å². The Bertz CT molecular complexity index is 2340. The van der Waals surface area contributed by atoms with E-state index in [2.05, 4.69) is 23.1 Å². The molecule has 3 aromatic carbocycles. The molecule has 0 unspecified atom stereocenters. The van der Waals surface area contributed by atoms with Crippen LogP contribution in [0.3, 0.4) is 0 Å². The molecule has 0 bridgehead atoms. The molecule has 0 radical (unpaired) electrons. The number of halogens is 1. The summed E-state index contributed by atoms with van der Waals surface area (Å²) in [5.41, 5.74) is 7.68. The van der Waals surface area contributed by atoms with Gasteiger partial charge in [-0.05, 0) is 91.2 Å². The second-order valence-electron chi connectivity index (χ2n) is 13.9. The minimum atomic E-state index is -0.300. The summed E-state index contributed by atoms with van der Waals surface area (Å²) in [6.45, 7) is 6.20. The normalized spacial score (nSPS) is 16.2. The number of hydrogen-bond acceptors (Lipinski definition) is 6. The van der Waals surface area contributed by atoms with Crippen molar-refractivity contribution in [2.24, 2.45) is 14.1 Å². The molecule has 3 aromatic heterocycles. The summed E-state index contributed by atoms with van der Waals surface area (Å²) in [5, 5.41) is 10.6. The van der Waals surface area contributed by atoms with Crippen LogP contribution in [0.2, 0.25) is 5.02 Å². The minimum Gasteiger partial charge on any atom is -0.508 e. The zero-order valence-electron chi connectivity index (χ0n) is 30.0. The molecule has 1 saturated heterocycles. The first-order valence-electron chi connectivity index (χ1n) is 17.9. The van der Waals surface area contributed by atoms with Gasteiger partial charge in [-0.2, -0.15) is 0 Å². The summed E-state index contributed by atoms with van der Waals surface area (Å²) >= 11 is 6.66. The first kappa shape index (κ1) is 34.7. The highest BCUT2D eigenvalue weighted by Crippen LogP contribution is 2.36. The van der Waals surface area contributed by atoms with Crippen molar-refractivity contribution in [2.75, 3.05) is 37.7 Å². The van der Waals surface area contributed by atoms with Gasteiger partial charge in [-0.25, -0.2) is 4.98 Å². The summed E-state index contributed by atoms with van der Waals surface area (Å²) < 4.78 is 9.53. The molecule has 8 rings (SSSR count). The molecule has 270 valence electrons. The van der Waals surface area contributed by atoms with E-state index in [-0.39, 0.29) is 23.6 Å². The van der Waals surface area contributed by atoms with Crippen LogP contribution in [-0.2, 0) is 31.8 Å². The van der Waals surface area contributed by atoms with Gasteiger partial charge in [0, 0.05) is 80.1 Å². The van der Waals surface area contributed by atoms with Crippen LogP contribution in [0.5, 0.6) is 5.75 Å². The number of aromatic nitrogens is 3. The number of nitrogens with zero attached hydrogens (tertiary/aromatic N) is 6. The number of ether oxygens (including phenoxy) is 1. The highest BCUT2D eigenvalue weighted by molar-refractivity contribution is 6.31. The zero-order chi connectivity index (χ0) is 36.8. The Labute approximate surface area is 313 Å². The molecule has 53 heavy (non-hydrogen) atoms. The van der Waals surface area contributed by atoms with Crippen LogP contribution in [0.1, 0.15) is 37.5 Å². The molecule has 11 heteroatoms. The van der Waals surface area contributed by atoms with E-state index in [1.165, 1.54) is 5.56 Å². The van der Waals surface area contributed by atoms with Gasteiger partial charge in [0.1, 0.15) is 11.6 Å². The third-order valence-corrected chi connectivity index (χ3v) is 10.9. The fourth-order valence-electron chi connectivity index (χ4n) is 7.65. The fraction of sp³-hybridized carbons (Fsp3) is 0.262. The van der Waals surface area contributed by atoms with Crippen molar-refractivity contribution in [1.29, 1.82) is 0 Å². The Balaban J connectivity index is 1.18. The Morgan fingerprint density at radius 3 is 2.45 bits per heavy atom. The number of rotatable bonds is 7. The maximum atomic E-state index is 14.8. The van der Waals surface area contributed by atoms with Gasteiger partial charge in [0.25, 0.3) is 11.8 Å². The average molecular weight is 729 g/mol. The third-order valence-electron chi connectivity index (χ3n) is 10.7. The lowest BCUT2D eigenvalue weighted by Gasteiger charge is -2.40. The van der Waals surface area contributed by atoms with Gasteiger partial charge in [-0.15, -0.1) is 0 Å². The van der Waals surface area contributed by atoms with Crippen LogP contribution < -0.4 is 4.90 Å². The Morgan fingerprint density at radius 1 is 0.925 bits per heavy atom. The lowest BCUT2D eigenvalue weighted by Crippen LogP contribution is -2.52. The number of morpholine rings is 1. The molecule has 0 aliphatic carbocycles. The number of carbonyl (C=O) groups is 2. The van der Waals surface area contributed by atoms with Gasteiger partial charge in [-0.1, -0.05) is 35.9 Å². The molecule has 2 aliphatic rings. The van der Waals surface area contributed by atoms with Crippen molar-refractivity contribution in [1.82, 2.24) is 23.9 Å². The number of carbonyl (C=O) groups excluding carboxylic acids is 2. The van der Waals surface area contributed by atoms with Gasteiger partial charge in [0.05, 0.1) is 35.5 Å². The lowest BCUT2D eigenvalue weighted by atomic mass is 9.92. The van der Waals surface area contributed by atoms with E-state index in [0.29, 0.717) is 64.4 Å². The largest absolute Gasteiger partial charge is 0.508 e. The van der Waals surface area contributed by atoms with Gasteiger partial charge in [0.15, 0.2) is 0 Å². The van der Waals surface area contributed by atoms with Gasteiger partial charge in [0.2, 0.25) is 0 Å². The highest BCUT2D eigenvalue weighted by Gasteiger charge is 2.34. The van der Waals surface area contributed by atoms with E-state index in [1.54, 1.807) is 41.3 Å². The number of fused-ring (bicyclic) bond motifs is 2. The summed E-state index contributed by atoms with van der Waals surface area (Å²) in [6, 6.07) is 27.7. The number of aromatic hydroxyl groups is 1. The number of benzene rings is 3. The number of phenolic OH excluding ortho intramolecular Hbond substituents is 1. The van der Waals surface area contributed by atoms with Gasteiger partial charge in [-0.3, -0.25) is 19.4 Å². The van der Waals surface area contributed by atoms with Crippen molar-refractivity contribution in [3.63, 3.8) is 0 Å². The molecule has 1 fully saturated rings. The molecule has 1 atom stereocenters. The number of amides is 2. The standard InChI is InChI=1S/C42H41ClN6O4/c1-27-35(42(52)49(31-9-11-33(50)12-10-31)40-15-14-38-37(44-40)16-17-45(38)2)24-39(46(27)3)36-23-30(43)8-13-34(36)41(51)48-25-29-7-5-4-6-28(29)22-32(48)26-47-18-20-53-21-19-47/h4-17,23-24,32,50H,18-22,25-26H2,1-3H3/t32-/m0/s1. The Hall–Kier alpha value is -5.42. The van der Waals surface area contributed by atoms with Crippen molar-refractivity contribution in [3.8, 4) is 17.0 Å². The topological polar surface area (TPSA) is 96.1 Å². The quantitative estimate of drug-likeness (QED) is 0.188. The smallest absolute Gasteiger partial charge is 0.265 e. The van der Waals surface area contributed by atoms with Crippen LogP contribution in [0, 0.1) is 6.92 Å². The number of anilines is 2. The van der Waals surface area contributed by atoms with Gasteiger partial charge >= 0.3 is 0 Å². The summed E-state index contributed by atoms with van der Waals surface area (Å²) in [6.07, 6.45) is 2.69. The molecule has 0 spiro atoms. The van der Waals surface area contributed by atoms with E-state index in [0.717, 1.165) is 42.7 Å². The number of phenols is 1. The predicted octanol–water partition coefficient (Wildman–Crippen LogP) is 7.12. The average Bonchev–Trinajstić information content (AvgIpc) is 3.69. The highest BCUT2D eigenvalue weighted by atomic mass is 35.5. The van der Waals surface area contributed by atoms with Crippen molar-refractivity contribution in [3.05, 3.63) is 130 Å². The monoisotopic (exact) mass is 728 g/mol. The van der Waals surface area contributed by atoms with E-state index in [4.69, 9.17) is 21.3 Å². The first-order valence-corrected chi connectivity index (χ1v) is 18.2. The van der Waals surface area contributed by atoms with Crippen LogP contribution in [0.15, 0.2) is 97.2 Å². The molecule has 10 nitrogen and oxygen atoms in total. The number of pyridine rings is 1. The molecule has 6 aromatic rings. The third kappa shape index (κ3) is 6.58.